The number of ether oxygens (including phenoxy) is 1. The number of nitrogens with zero attached hydrogens (tertiary/aromatic N) is 1. The minimum Gasteiger partial charge on any atom is -0.406 e. The van der Waals surface area contributed by atoms with Crippen LogP contribution in [-0.2, 0) is 15.8 Å². The number of hydrogen-bond acceptors (Lipinski definition) is 7. The van der Waals surface area contributed by atoms with E-state index in [1.165, 1.54) is 12.1 Å². The predicted octanol–water partition coefficient (Wildman–Crippen LogP) is 2.91. The first kappa shape index (κ1) is 27.0. The summed E-state index contributed by atoms with van der Waals surface area (Å²) in [6.45, 7) is 0.569. The molecule has 0 unspecified atom stereocenters. The number of hydrogen-bond donors (Lipinski definition) is 3. The lowest BCUT2D eigenvalue weighted by Crippen LogP contribution is -2.50. The molecule has 0 atom stereocenters. The third kappa shape index (κ3) is 6.82. The van der Waals surface area contributed by atoms with Crippen LogP contribution in [0.3, 0.4) is 0 Å². The van der Waals surface area contributed by atoms with Gasteiger partial charge in [0.15, 0.2) is 0 Å². The average molecular weight is 553 g/mol. The molecule has 2 amide bonds. The summed E-state index contributed by atoms with van der Waals surface area (Å²) in [6.07, 6.45) is -4.01. The van der Waals surface area contributed by atoms with Crippen LogP contribution in [0.1, 0.15) is 18.4 Å². The van der Waals surface area contributed by atoms with Crippen LogP contribution in [0.2, 0.25) is 0 Å². The summed E-state index contributed by atoms with van der Waals surface area (Å²) in [5.74, 6) is -0.776. The Balaban J connectivity index is 1.30. The Kier molecular flexibility index (Phi) is 7.62. The van der Waals surface area contributed by atoms with Gasteiger partial charge in [-0.3, -0.25) is 14.3 Å². The van der Waals surface area contributed by atoms with E-state index in [1.807, 2.05) is 0 Å². The maximum atomic E-state index is 12.5. The van der Waals surface area contributed by atoms with Gasteiger partial charge >= 0.3 is 12.4 Å². The zero-order valence-corrected chi connectivity index (χ0v) is 20.6. The van der Waals surface area contributed by atoms with Gasteiger partial charge in [0.1, 0.15) is 17.1 Å². The van der Waals surface area contributed by atoms with Crippen LogP contribution in [0.15, 0.2) is 64.2 Å². The third-order valence-electron chi connectivity index (χ3n) is 5.83. The van der Waals surface area contributed by atoms with Crippen LogP contribution in [-0.4, -0.2) is 39.9 Å². The Labute approximate surface area is 215 Å². The molecule has 0 bridgehead atoms. The fourth-order valence-electron chi connectivity index (χ4n) is 4.10. The fourth-order valence-corrected chi connectivity index (χ4v) is 5.31. The van der Waals surface area contributed by atoms with Crippen LogP contribution in [0.5, 0.6) is 5.75 Å². The number of rotatable bonds is 8. The van der Waals surface area contributed by atoms with Crippen molar-refractivity contribution >= 4 is 33.1 Å². The van der Waals surface area contributed by atoms with E-state index in [-0.39, 0.29) is 41.9 Å². The van der Waals surface area contributed by atoms with Crippen molar-refractivity contribution in [3.8, 4) is 5.75 Å². The molecule has 3 aromatic rings. The molecule has 202 valence electrons. The van der Waals surface area contributed by atoms with Crippen LogP contribution >= 0.6 is 0 Å². The number of nitrogens with one attached hydrogen (secondary N) is 3. The van der Waals surface area contributed by atoms with Gasteiger partial charge in [0.05, 0.1) is 5.75 Å². The van der Waals surface area contributed by atoms with Crippen molar-refractivity contribution in [1.82, 2.24) is 5.32 Å². The molecule has 3 aromatic carbocycles. The van der Waals surface area contributed by atoms with Gasteiger partial charge in [0, 0.05) is 24.8 Å². The number of carbonyl (C=O) groups excluding carboxylic acids is 1. The van der Waals surface area contributed by atoms with Gasteiger partial charge in [-0.05, 0) is 42.7 Å². The molecule has 0 radical (unpaired) electrons. The summed E-state index contributed by atoms with van der Waals surface area (Å²) < 4.78 is 67.9. The number of benzene rings is 2. The van der Waals surface area contributed by atoms with Gasteiger partial charge in [0.2, 0.25) is 10.0 Å². The van der Waals surface area contributed by atoms with E-state index in [1.54, 1.807) is 35.2 Å². The molecule has 1 saturated heterocycles. The van der Waals surface area contributed by atoms with E-state index in [0.29, 0.717) is 18.4 Å². The topological polar surface area (TPSA) is 134 Å². The van der Waals surface area contributed by atoms with Gasteiger partial charge in [-0.1, -0.05) is 30.3 Å². The first-order chi connectivity index (χ1) is 17.9. The summed E-state index contributed by atoms with van der Waals surface area (Å²) in [5, 5.41) is 5.26. The first-order valence-corrected chi connectivity index (χ1v) is 13.1. The molecule has 3 N–H and O–H groups in total. The van der Waals surface area contributed by atoms with Crippen LogP contribution in [0.4, 0.5) is 35.0 Å². The Bertz CT molecular complexity index is 1460. The molecule has 1 aliphatic rings. The van der Waals surface area contributed by atoms with E-state index in [9.17, 15) is 36.0 Å². The van der Waals surface area contributed by atoms with Crippen LogP contribution < -0.4 is 35.9 Å². The van der Waals surface area contributed by atoms with Crippen molar-refractivity contribution in [2.45, 2.75) is 31.0 Å². The van der Waals surface area contributed by atoms with E-state index >= 15 is 0 Å². The zero-order valence-electron chi connectivity index (χ0n) is 19.7. The molecule has 38 heavy (non-hydrogen) atoms. The van der Waals surface area contributed by atoms with Gasteiger partial charge in [-0.2, -0.15) is 0 Å². The van der Waals surface area contributed by atoms with Crippen molar-refractivity contribution in [3.05, 3.63) is 80.6 Å². The highest BCUT2D eigenvalue weighted by Crippen LogP contribution is 2.26. The van der Waals surface area contributed by atoms with Crippen LogP contribution in [0, 0.1) is 0 Å². The number of piperidine rings is 1. The summed E-state index contributed by atoms with van der Waals surface area (Å²) in [5.41, 5.74) is -1.14. The maximum absolute atomic E-state index is 12.5. The largest absolute Gasteiger partial charge is 0.573 e. The Hall–Kier alpha value is -4.07. The quantitative estimate of drug-likeness (QED) is 0.366. The number of amides is 2. The molecule has 0 saturated carbocycles. The molecule has 0 aromatic heterocycles. The number of halogens is 3. The second kappa shape index (κ2) is 10.7. The molecular formula is C24H23F3N4O6S. The Morgan fingerprint density at radius 1 is 0.974 bits per heavy atom. The van der Waals surface area contributed by atoms with Gasteiger partial charge in [0.25, 0.3) is 10.9 Å². The van der Waals surface area contributed by atoms with E-state index in [0.717, 1.165) is 12.1 Å². The second-order valence-corrected chi connectivity index (χ2v) is 10.4. The smallest absolute Gasteiger partial charge is 0.406 e. The molecule has 10 nitrogen and oxygen atoms in total. The number of sulfonamides is 1. The molecular weight excluding hydrogens is 529 g/mol. The summed E-state index contributed by atoms with van der Waals surface area (Å²) in [7, 11) is -3.93. The molecule has 0 spiro atoms. The molecule has 1 heterocycles. The highest BCUT2D eigenvalue weighted by Gasteiger charge is 2.32. The average Bonchev–Trinajstić information content (AvgIpc) is 2.85. The number of anilines is 3. The number of carbonyl (C=O) groups is 1. The lowest BCUT2D eigenvalue weighted by molar-refractivity contribution is -0.274. The lowest BCUT2D eigenvalue weighted by Gasteiger charge is -2.35. The molecule has 0 aliphatic carbocycles. The third-order valence-corrected chi connectivity index (χ3v) is 7.06. The first-order valence-electron chi connectivity index (χ1n) is 11.5. The van der Waals surface area contributed by atoms with Crippen molar-refractivity contribution in [2.75, 3.05) is 28.0 Å². The van der Waals surface area contributed by atoms with Gasteiger partial charge in [-0.25, -0.2) is 13.2 Å². The lowest BCUT2D eigenvalue weighted by atomic mass is 10.0. The standard InChI is InChI=1S/C24H23F3N4O6S/c25-24(26,27)37-18-8-6-16(7-9-18)28-23(34)29-17-10-12-31(13-11-17)20-19(21(32)22(20)33)30-38(35,36)14-15-4-2-1-3-5-15/h1-9,17,30H,10-14H2,(H2,28,29,34). The van der Waals surface area contributed by atoms with E-state index in [2.05, 4.69) is 20.1 Å². The normalized spacial score (nSPS) is 14.8. The molecule has 4 rings (SSSR count). The van der Waals surface area contributed by atoms with E-state index < -0.39 is 39.0 Å². The van der Waals surface area contributed by atoms with Gasteiger partial charge in [-0.15, -0.1) is 13.2 Å². The van der Waals surface area contributed by atoms with Crippen molar-refractivity contribution < 1.29 is 31.1 Å². The summed E-state index contributed by atoms with van der Waals surface area (Å²) in [4.78, 5) is 38.3. The SMILES string of the molecule is O=C(Nc1ccc(OC(F)(F)F)cc1)NC1CCN(c2c(NS(=O)(=O)Cc3ccccc3)c(=O)c2=O)CC1. The Morgan fingerprint density at radius 2 is 1.61 bits per heavy atom. The minimum atomic E-state index is -4.82. The van der Waals surface area contributed by atoms with Crippen LogP contribution in [0.25, 0.3) is 0 Å². The van der Waals surface area contributed by atoms with Gasteiger partial charge < -0.3 is 20.3 Å². The predicted molar refractivity (Wildman–Crippen MR) is 135 cm³/mol. The van der Waals surface area contributed by atoms with Crippen molar-refractivity contribution in [2.24, 2.45) is 0 Å². The molecule has 1 fully saturated rings. The zero-order chi connectivity index (χ0) is 27.5. The van der Waals surface area contributed by atoms with E-state index in [4.69, 9.17) is 0 Å². The summed E-state index contributed by atoms with van der Waals surface area (Å²) in [6, 6.07) is 12.2. The number of alkyl halides is 3. The highest BCUT2D eigenvalue weighted by molar-refractivity contribution is 7.91. The van der Waals surface area contributed by atoms with Crippen molar-refractivity contribution in [3.63, 3.8) is 0 Å². The fraction of sp³-hybridized carbons (Fsp3) is 0.292. The number of urea groups is 1. The second-order valence-electron chi connectivity index (χ2n) is 8.66. The summed E-state index contributed by atoms with van der Waals surface area (Å²) >= 11 is 0. The molecule has 1 aliphatic heterocycles. The van der Waals surface area contributed by atoms with Crippen molar-refractivity contribution in [1.29, 1.82) is 0 Å². The maximum Gasteiger partial charge on any atom is 0.573 e. The highest BCUT2D eigenvalue weighted by atomic mass is 32.2. The monoisotopic (exact) mass is 552 g/mol. The molecule has 14 heteroatoms. The Morgan fingerprint density at radius 3 is 2.21 bits per heavy atom. The minimum absolute atomic E-state index is 0.00991.